The van der Waals surface area contributed by atoms with Gasteiger partial charge in [-0.25, -0.2) is 0 Å². The molecule has 1 aromatic heterocycles. The van der Waals surface area contributed by atoms with E-state index in [1.807, 2.05) is 42.5 Å². The molecular weight excluding hydrogens is 445 g/mol. The number of benzene rings is 3. The Labute approximate surface area is 208 Å². The van der Waals surface area contributed by atoms with Gasteiger partial charge in [0.2, 0.25) is 0 Å². The quantitative estimate of drug-likeness (QED) is 0.283. The zero-order chi connectivity index (χ0) is 24.0. The van der Waals surface area contributed by atoms with Crippen LogP contribution >= 0.6 is 7.14 Å². The van der Waals surface area contributed by atoms with Crippen molar-refractivity contribution in [3.8, 4) is 11.3 Å². The lowest BCUT2D eigenvalue weighted by Gasteiger charge is -2.63. The van der Waals surface area contributed by atoms with E-state index in [4.69, 9.17) is 4.98 Å². The van der Waals surface area contributed by atoms with Crippen molar-refractivity contribution in [1.82, 2.24) is 4.98 Å². The summed E-state index contributed by atoms with van der Waals surface area (Å²) in [5.41, 5.74) is 3.50. The Balaban J connectivity index is 1.53. The van der Waals surface area contributed by atoms with Crippen LogP contribution in [-0.4, -0.2) is 10.6 Å². The lowest BCUT2D eigenvalue weighted by atomic mass is 9.45. The summed E-state index contributed by atoms with van der Waals surface area (Å²) in [5.74, 6) is 1.24. The van der Waals surface area contributed by atoms with Gasteiger partial charge in [0.25, 0.3) is 0 Å². The van der Waals surface area contributed by atoms with Crippen LogP contribution in [0.15, 0.2) is 109 Å². The molecule has 176 valence electrons. The lowest BCUT2D eigenvalue weighted by Crippen LogP contribution is -2.57. The average molecular weight is 478 g/mol. The highest BCUT2D eigenvalue weighted by atomic mass is 31.2. The first-order valence-corrected chi connectivity index (χ1v) is 14.5. The molecule has 0 saturated heterocycles. The molecule has 3 saturated carbocycles. The summed E-state index contributed by atoms with van der Waals surface area (Å²) in [6.45, 7) is 4.82. The molecule has 0 radical (unpaired) electrons. The molecule has 3 aromatic carbocycles. The van der Waals surface area contributed by atoms with Crippen LogP contribution in [0.4, 0.5) is 0 Å². The second-order valence-electron chi connectivity index (χ2n) is 10.8. The molecule has 3 aliphatic carbocycles. The predicted molar refractivity (Wildman–Crippen MR) is 146 cm³/mol. The van der Waals surface area contributed by atoms with E-state index < -0.39 is 7.14 Å². The van der Waals surface area contributed by atoms with Crippen molar-refractivity contribution in [2.45, 2.75) is 38.3 Å². The first kappa shape index (κ1) is 22.5. The Kier molecular flexibility index (Phi) is 5.53. The van der Waals surface area contributed by atoms with Crippen LogP contribution in [0.1, 0.15) is 38.3 Å². The molecule has 7 rings (SSSR count). The number of hydrogen-bond acceptors (Lipinski definition) is 2. The second-order valence-corrected chi connectivity index (χ2v) is 13.8. The zero-order valence-electron chi connectivity index (χ0n) is 20.4. The molecule has 1 heterocycles. The number of hydrogen-bond donors (Lipinski definition) is 0. The largest absolute Gasteiger partial charge is 0.313 e. The van der Waals surface area contributed by atoms with E-state index >= 15 is 4.57 Å². The minimum absolute atomic E-state index is 0.0441. The van der Waals surface area contributed by atoms with E-state index in [1.165, 1.54) is 6.42 Å². The Hall–Kier alpha value is -2.96. The molecule has 4 aromatic rings. The topological polar surface area (TPSA) is 30.0 Å². The monoisotopic (exact) mass is 477 g/mol. The summed E-state index contributed by atoms with van der Waals surface area (Å²) in [4.78, 5) is 5.24. The molecule has 2 nitrogen and oxygen atoms in total. The summed E-state index contributed by atoms with van der Waals surface area (Å²) in [6.07, 6.45) is 2.18. The van der Waals surface area contributed by atoms with Crippen molar-refractivity contribution in [1.29, 1.82) is 0 Å². The normalized spacial score (nSPS) is 25.0. The van der Waals surface area contributed by atoms with Gasteiger partial charge in [-0.05, 0) is 42.2 Å². The third-order valence-corrected chi connectivity index (χ3v) is 12.4. The SMILES string of the molecule is CC1(C)C2CC1C(c1cccc(-c3ccccc3)n1)C(P(=O)(c1ccccc1)c1ccccc1)C2. The fraction of sp³-hybridized carbons (Fsp3) is 0.281. The number of rotatable bonds is 5. The van der Waals surface area contributed by atoms with Crippen molar-refractivity contribution < 1.29 is 4.57 Å². The second kappa shape index (κ2) is 8.61. The fourth-order valence-corrected chi connectivity index (χ4v) is 10.4. The summed E-state index contributed by atoms with van der Waals surface area (Å²) in [5, 5.41) is 1.94. The van der Waals surface area contributed by atoms with Gasteiger partial charge in [-0.1, -0.05) is 111 Å². The summed E-state index contributed by atoms with van der Waals surface area (Å²) >= 11 is 0. The van der Waals surface area contributed by atoms with Gasteiger partial charge in [0.1, 0.15) is 7.14 Å². The highest BCUT2D eigenvalue weighted by molar-refractivity contribution is 7.79. The summed E-state index contributed by atoms with van der Waals surface area (Å²) in [6, 6.07) is 37.3. The van der Waals surface area contributed by atoms with Crippen molar-refractivity contribution in [2.24, 2.45) is 17.3 Å². The maximum absolute atomic E-state index is 15.5. The van der Waals surface area contributed by atoms with Crippen LogP contribution in [0, 0.1) is 17.3 Å². The van der Waals surface area contributed by atoms with Gasteiger partial charge in [0.05, 0.1) is 5.69 Å². The van der Waals surface area contributed by atoms with Crippen molar-refractivity contribution in [2.75, 3.05) is 0 Å². The van der Waals surface area contributed by atoms with Crippen LogP contribution < -0.4 is 10.6 Å². The third-order valence-electron chi connectivity index (χ3n) is 8.85. The minimum Gasteiger partial charge on any atom is -0.313 e. The van der Waals surface area contributed by atoms with E-state index in [-0.39, 0.29) is 17.0 Å². The van der Waals surface area contributed by atoms with Crippen LogP contribution in [0.25, 0.3) is 11.3 Å². The van der Waals surface area contributed by atoms with Gasteiger partial charge in [-0.3, -0.25) is 4.98 Å². The van der Waals surface area contributed by atoms with E-state index in [9.17, 15) is 0 Å². The predicted octanol–water partition coefficient (Wildman–Crippen LogP) is 7.28. The van der Waals surface area contributed by atoms with Gasteiger partial charge < -0.3 is 4.57 Å². The van der Waals surface area contributed by atoms with E-state index in [0.29, 0.717) is 11.8 Å². The molecular formula is C32H32NOP. The van der Waals surface area contributed by atoms with E-state index in [1.54, 1.807) is 0 Å². The van der Waals surface area contributed by atoms with Crippen LogP contribution in [0.3, 0.4) is 0 Å². The molecule has 3 aliphatic rings. The Morgan fingerprint density at radius 1 is 0.714 bits per heavy atom. The van der Waals surface area contributed by atoms with Gasteiger partial charge >= 0.3 is 0 Å². The van der Waals surface area contributed by atoms with Crippen LogP contribution in [0.2, 0.25) is 0 Å². The van der Waals surface area contributed by atoms with E-state index in [2.05, 4.69) is 80.6 Å². The van der Waals surface area contributed by atoms with Crippen molar-refractivity contribution in [3.63, 3.8) is 0 Å². The molecule has 3 heteroatoms. The Bertz CT molecular complexity index is 1320. The molecule has 4 atom stereocenters. The molecule has 0 aliphatic heterocycles. The minimum atomic E-state index is -2.91. The highest BCUT2D eigenvalue weighted by Gasteiger charge is 2.62. The molecule has 0 amide bonds. The molecule has 0 N–H and O–H groups in total. The first-order valence-electron chi connectivity index (χ1n) is 12.7. The standard InChI is InChI=1S/C32H32NOP/c1-32(2)24-21-27(32)31(29-20-12-19-28(33-29)23-13-6-3-7-14-23)30(22-24)35(34,25-15-8-4-9-16-25)26-17-10-5-11-18-26/h3-20,24,27,30-31H,21-22H2,1-2H3. The first-order chi connectivity index (χ1) is 17.0. The average Bonchev–Trinajstić information content (AvgIpc) is 2.93. The van der Waals surface area contributed by atoms with Crippen molar-refractivity contribution in [3.05, 3.63) is 115 Å². The fourth-order valence-electron chi connectivity index (χ4n) is 6.79. The lowest BCUT2D eigenvalue weighted by molar-refractivity contribution is -0.0792. The highest BCUT2D eigenvalue weighted by Crippen LogP contribution is 2.71. The van der Waals surface area contributed by atoms with Crippen LogP contribution in [0.5, 0.6) is 0 Å². The third kappa shape index (κ3) is 3.62. The maximum Gasteiger partial charge on any atom is 0.146 e. The van der Waals surface area contributed by atoms with E-state index in [0.717, 1.165) is 34.0 Å². The van der Waals surface area contributed by atoms with Gasteiger partial charge in [-0.15, -0.1) is 0 Å². The molecule has 3 fully saturated rings. The Morgan fingerprint density at radius 2 is 1.29 bits per heavy atom. The van der Waals surface area contributed by atoms with Crippen molar-refractivity contribution >= 4 is 17.8 Å². The molecule has 2 bridgehead atoms. The van der Waals surface area contributed by atoms with Crippen LogP contribution in [-0.2, 0) is 4.57 Å². The number of aromatic nitrogens is 1. The zero-order valence-corrected chi connectivity index (χ0v) is 21.3. The maximum atomic E-state index is 15.5. The number of nitrogens with zero attached hydrogens (tertiary/aromatic N) is 1. The summed E-state index contributed by atoms with van der Waals surface area (Å²) in [7, 11) is -2.91. The summed E-state index contributed by atoms with van der Waals surface area (Å²) < 4.78 is 15.5. The molecule has 0 spiro atoms. The molecule has 35 heavy (non-hydrogen) atoms. The van der Waals surface area contributed by atoms with Gasteiger partial charge in [0, 0.05) is 33.4 Å². The smallest absolute Gasteiger partial charge is 0.146 e. The van der Waals surface area contributed by atoms with Gasteiger partial charge in [0.15, 0.2) is 0 Å². The van der Waals surface area contributed by atoms with Gasteiger partial charge in [-0.2, -0.15) is 0 Å². The Morgan fingerprint density at radius 3 is 1.86 bits per heavy atom. The number of pyridine rings is 1. The number of fused-ring (bicyclic) bond motifs is 2. The molecule has 4 unspecified atom stereocenters.